The van der Waals surface area contributed by atoms with E-state index in [0.717, 1.165) is 5.76 Å². The number of amides is 1. The van der Waals surface area contributed by atoms with Crippen molar-refractivity contribution in [1.29, 1.82) is 0 Å². The molecular formula is C17H14N2O2S2. The third-order valence-corrected chi connectivity index (χ3v) is 5.40. The van der Waals surface area contributed by atoms with E-state index < -0.39 is 0 Å². The molecule has 4 nitrogen and oxygen atoms in total. The van der Waals surface area contributed by atoms with E-state index in [1.807, 2.05) is 18.2 Å². The zero-order chi connectivity index (χ0) is 16.0. The number of aromatic nitrogens is 1. The summed E-state index contributed by atoms with van der Waals surface area (Å²) in [7, 11) is 0. The minimum absolute atomic E-state index is 0.134. The molecule has 2 aromatic heterocycles. The number of carbonyl (C=O) groups excluding carboxylic acids is 1. The molecule has 2 atom stereocenters. The van der Waals surface area contributed by atoms with Gasteiger partial charge in [0.2, 0.25) is 0 Å². The second-order valence-electron chi connectivity index (χ2n) is 5.79. The van der Waals surface area contributed by atoms with E-state index in [4.69, 9.17) is 16.6 Å². The number of pyridine rings is 1. The highest BCUT2D eigenvalue weighted by Gasteiger charge is 2.37. The lowest BCUT2D eigenvalue weighted by molar-refractivity contribution is -0.113. The fourth-order valence-corrected chi connectivity index (χ4v) is 3.95. The average Bonchev–Trinajstić information content (AvgIpc) is 2.98. The Kier molecular flexibility index (Phi) is 3.58. The number of nitrogens with zero attached hydrogens (tertiary/aromatic N) is 2. The number of rotatable bonds is 3. The van der Waals surface area contributed by atoms with Gasteiger partial charge in [0.05, 0.1) is 16.8 Å². The lowest BCUT2D eigenvalue weighted by atomic mass is 10.3. The van der Waals surface area contributed by atoms with E-state index in [9.17, 15) is 4.79 Å². The van der Waals surface area contributed by atoms with Gasteiger partial charge in [-0.1, -0.05) is 30.9 Å². The van der Waals surface area contributed by atoms with Gasteiger partial charge in [-0.25, -0.2) is 0 Å². The zero-order valence-corrected chi connectivity index (χ0v) is 14.1. The van der Waals surface area contributed by atoms with Crippen LogP contribution in [0.5, 0.6) is 0 Å². The van der Waals surface area contributed by atoms with Crippen molar-refractivity contribution >= 4 is 46.0 Å². The Morgan fingerprint density at radius 2 is 2.26 bits per heavy atom. The maximum Gasteiger partial charge on any atom is 0.270 e. The van der Waals surface area contributed by atoms with Gasteiger partial charge in [-0.3, -0.25) is 14.7 Å². The standard InChI is InChI=1S/C17H14N2O2S2/c1-10-7-13(10)14-5-4-12(21-14)8-15-16(20)19(17(22)23-15)11-3-2-6-18-9-11/h2-6,8-10,13H,7H2,1H3/b15-8-/t10-,13+/m0/s1. The van der Waals surface area contributed by atoms with E-state index in [0.29, 0.717) is 32.5 Å². The molecule has 0 spiro atoms. The number of hydrogen-bond donors (Lipinski definition) is 0. The van der Waals surface area contributed by atoms with Crippen molar-refractivity contribution in [2.24, 2.45) is 5.92 Å². The van der Waals surface area contributed by atoms with Crippen LogP contribution < -0.4 is 4.90 Å². The minimum atomic E-state index is -0.134. The first-order valence-electron chi connectivity index (χ1n) is 7.41. The highest BCUT2D eigenvalue weighted by atomic mass is 32.2. The van der Waals surface area contributed by atoms with Gasteiger partial charge in [-0.05, 0) is 36.6 Å². The highest BCUT2D eigenvalue weighted by Crippen LogP contribution is 2.47. The Hall–Kier alpha value is -1.92. The van der Waals surface area contributed by atoms with Crippen LogP contribution in [0.3, 0.4) is 0 Å². The lowest BCUT2D eigenvalue weighted by Crippen LogP contribution is -2.27. The van der Waals surface area contributed by atoms with Gasteiger partial charge in [0.1, 0.15) is 11.5 Å². The van der Waals surface area contributed by atoms with Crippen LogP contribution in [-0.4, -0.2) is 15.2 Å². The maximum atomic E-state index is 12.6. The summed E-state index contributed by atoms with van der Waals surface area (Å²) in [5.74, 6) is 2.79. The molecule has 6 heteroatoms. The predicted molar refractivity (Wildman–Crippen MR) is 95.1 cm³/mol. The first-order valence-corrected chi connectivity index (χ1v) is 8.63. The molecule has 1 aliphatic carbocycles. The predicted octanol–water partition coefficient (Wildman–Crippen LogP) is 4.20. The van der Waals surface area contributed by atoms with Crippen molar-refractivity contribution in [2.45, 2.75) is 19.3 Å². The Morgan fingerprint density at radius 3 is 2.96 bits per heavy atom. The number of thiocarbonyl (C=S) groups is 1. The summed E-state index contributed by atoms with van der Waals surface area (Å²) in [5, 5.41) is 0. The molecule has 3 heterocycles. The summed E-state index contributed by atoms with van der Waals surface area (Å²) in [6.07, 6.45) is 6.25. The molecule has 1 aliphatic heterocycles. The molecular weight excluding hydrogens is 328 g/mol. The summed E-state index contributed by atoms with van der Waals surface area (Å²) in [4.78, 5) is 18.7. The first-order chi connectivity index (χ1) is 11.1. The Labute approximate surface area is 143 Å². The van der Waals surface area contributed by atoms with Crippen molar-refractivity contribution in [3.8, 4) is 0 Å². The third-order valence-electron chi connectivity index (χ3n) is 4.09. The van der Waals surface area contributed by atoms with Gasteiger partial charge in [-0.2, -0.15) is 0 Å². The van der Waals surface area contributed by atoms with Gasteiger partial charge in [0.25, 0.3) is 5.91 Å². The van der Waals surface area contributed by atoms with Crippen LogP contribution in [-0.2, 0) is 4.79 Å². The SMILES string of the molecule is C[C@H]1C[C@H]1c1ccc(/C=C2\SC(=S)N(c3cccnc3)C2=O)o1. The molecule has 0 radical (unpaired) electrons. The molecule has 0 N–H and O–H groups in total. The van der Waals surface area contributed by atoms with Crippen LogP contribution in [0.2, 0.25) is 0 Å². The number of hydrogen-bond acceptors (Lipinski definition) is 5. The second kappa shape index (κ2) is 5.62. The van der Waals surface area contributed by atoms with Crippen LogP contribution in [0.15, 0.2) is 46.0 Å². The van der Waals surface area contributed by atoms with Crippen molar-refractivity contribution < 1.29 is 9.21 Å². The molecule has 1 amide bonds. The van der Waals surface area contributed by atoms with Gasteiger partial charge in [0, 0.05) is 18.2 Å². The topological polar surface area (TPSA) is 46.3 Å². The zero-order valence-electron chi connectivity index (χ0n) is 12.4. The number of carbonyl (C=O) groups is 1. The molecule has 2 aliphatic rings. The van der Waals surface area contributed by atoms with Crippen molar-refractivity contribution in [3.05, 3.63) is 53.1 Å². The van der Waals surface area contributed by atoms with E-state index in [-0.39, 0.29) is 5.91 Å². The first kappa shape index (κ1) is 14.7. The summed E-state index contributed by atoms with van der Waals surface area (Å²) in [6.45, 7) is 2.21. The fourth-order valence-electron chi connectivity index (χ4n) is 2.67. The molecule has 23 heavy (non-hydrogen) atoms. The molecule has 0 aromatic carbocycles. The summed E-state index contributed by atoms with van der Waals surface area (Å²) >= 11 is 6.62. The molecule has 2 aromatic rings. The van der Waals surface area contributed by atoms with Crippen LogP contribution >= 0.6 is 24.0 Å². The van der Waals surface area contributed by atoms with Crippen LogP contribution in [0.25, 0.3) is 6.08 Å². The van der Waals surface area contributed by atoms with E-state index >= 15 is 0 Å². The normalized spacial score (nSPS) is 25.4. The van der Waals surface area contributed by atoms with E-state index in [1.54, 1.807) is 24.5 Å². The quantitative estimate of drug-likeness (QED) is 0.618. The van der Waals surface area contributed by atoms with Gasteiger partial charge in [-0.15, -0.1) is 0 Å². The summed E-state index contributed by atoms with van der Waals surface area (Å²) in [6, 6.07) is 7.52. The van der Waals surface area contributed by atoms with Crippen LogP contribution in [0.4, 0.5) is 5.69 Å². The van der Waals surface area contributed by atoms with Crippen molar-refractivity contribution in [1.82, 2.24) is 4.98 Å². The van der Waals surface area contributed by atoms with Crippen molar-refractivity contribution in [3.63, 3.8) is 0 Å². The van der Waals surface area contributed by atoms with E-state index in [2.05, 4.69) is 11.9 Å². The Balaban J connectivity index is 1.59. The number of thioether (sulfide) groups is 1. The van der Waals surface area contributed by atoms with Gasteiger partial charge >= 0.3 is 0 Å². The van der Waals surface area contributed by atoms with Crippen LogP contribution in [0, 0.1) is 5.92 Å². The summed E-state index contributed by atoms with van der Waals surface area (Å²) < 4.78 is 6.36. The van der Waals surface area contributed by atoms with Crippen LogP contribution in [0.1, 0.15) is 30.8 Å². The van der Waals surface area contributed by atoms with E-state index in [1.165, 1.54) is 23.1 Å². The minimum Gasteiger partial charge on any atom is -0.461 e. The Bertz CT molecular complexity index is 813. The fraction of sp³-hybridized carbons (Fsp3) is 0.235. The largest absolute Gasteiger partial charge is 0.461 e. The smallest absolute Gasteiger partial charge is 0.270 e. The number of anilines is 1. The molecule has 4 rings (SSSR count). The second-order valence-corrected chi connectivity index (χ2v) is 7.46. The monoisotopic (exact) mass is 342 g/mol. The van der Waals surface area contributed by atoms with Gasteiger partial charge < -0.3 is 4.42 Å². The lowest BCUT2D eigenvalue weighted by Gasteiger charge is -2.13. The molecule has 0 bridgehead atoms. The molecule has 0 unspecified atom stereocenters. The molecule has 2 fully saturated rings. The Morgan fingerprint density at radius 1 is 1.43 bits per heavy atom. The molecule has 1 saturated carbocycles. The molecule has 116 valence electrons. The highest BCUT2D eigenvalue weighted by molar-refractivity contribution is 8.27. The summed E-state index contributed by atoms with van der Waals surface area (Å²) in [5.41, 5.74) is 0.685. The average molecular weight is 342 g/mol. The maximum absolute atomic E-state index is 12.6. The van der Waals surface area contributed by atoms with Crippen molar-refractivity contribution in [2.75, 3.05) is 4.90 Å². The van der Waals surface area contributed by atoms with Gasteiger partial charge in [0.15, 0.2) is 4.32 Å². The molecule has 1 saturated heterocycles. The third kappa shape index (κ3) is 2.72. The number of furan rings is 1.